The largest absolute Gasteiger partial charge is 0.497 e. The Bertz CT molecular complexity index is 434. The fraction of sp³-hybridized carbons (Fsp3) is 0.600. The van der Waals surface area contributed by atoms with E-state index in [0.29, 0.717) is 0 Å². The fourth-order valence-electron chi connectivity index (χ4n) is 2.41. The number of fused-ring (bicyclic) bond motifs is 1. The molecule has 2 N–H and O–H groups in total. The Morgan fingerprint density at radius 3 is 3.00 bits per heavy atom. The summed E-state index contributed by atoms with van der Waals surface area (Å²) in [6.07, 6.45) is 1.92. The first-order chi connectivity index (χ1) is 9.13. The summed E-state index contributed by atoms with van der Waals surface area (Å²) < 4.78 is 11.2. The molecule has 0 amide bonds. The summed E-state index contributed by atoms with van der Waals surface area (Å²) in [5.74, 6) is 1.88. The van der Waals surface area contributed by atoms with Crippen LogP contribution in [0.2, 0.25) is 0 Å². The lowest BCUT2D eigenvalue weighted by Gasteiger charge is -2.15. The average molecular weight is 265 g/mol. The van der Waals surface area contributed by atoms with Gasteiger partial charge in [0.05, 0.1) is 7.11 Å². The molecule has 0 bridgehead atoms. The summed E-state index contributed by atoms with van der Waals surface area (Å²) in [5.41, 5.74) is 2.35. The maximum absolute atomic E-state index is 8.92. The van der Waals surface area contributed by atoms with Crippen molar-refractivity contribution in [3.05, 3.63) is 23.3 Å². The predicted octanol–water partition coefficient (Wildman–Crippen LogP) is 1.88. The van der Waals surface area contributed by atoms with Gasteiger partial charge in [-0.15, -0.1) is 0 Å². The molecular weight excluding hydrogens is 242 g/mol. The highest BCUT2D eigenvalue weighted by Gasteiger charge is 2.23. The Morgan fingerprint density at radius 1 is 1.53 bits per heavy atom. The number of rotatable bonds is 6. The number of hydrogen-bond donors (Lipinski definition) is 2. The van der Waals surface area contributed by atoms with Gasteiger partial charge in [0.15, 0.2) is 0 Å². The molecular formula is C15H23NO3. The number of aliphatic hydroxyl groups excluding tert-OH is 1. The van der Waals surface area contributed by atoms with E-state index in [0.717, 1.165) is 36.4 Å². The Balaban J connectivity index is 2.13. The average Bonchev–Trinajstić information content (AvgIpc) is 2.76. The first kappa shape index (κ1) is 14.2. The summed E-state index contributed by atoms with van der Waals surface area (Å²) >= 11 is 0. The van der Waals surface area contributed by atoms with Crippen molar-refractivity contribution < 1.29 is 14.6 Å². The molecule has 0 spiro atoms. The lowest BCUT2D eigenvalue weighted by Crippen LogP contribution is -2.26. The summed E-state index contributed by atoms with van der Waals surface area (Å²) in [6.45, 7) is 5.09. The molecule has 0 radical (unpaired) electrons. The second-order valence-electron chi connectivity index (χ2n) is 5.20. The molecule has 1 aliphatic rings. The van der Waals surface area contributed by atoms with Crippen molar-refractivity contribution in [2.45, 2.75) is 45.4 Å². The molecule has 0 fully saturated rings. The van der Waals surface area contributed by atoms with Crippen LogP contribution in [0.25, 0.3) is 0 Å². The minimum Gasteiger partial charge on any atom is -0.497 e. The summed E-state index contributed by atoms with van der Waals surface area (Å²) in [6, 6.07) is 4.36. The maximum atomic E-state index is 8.92. The zero-order valence-electron chi connectivity index (χ0n) is 11.9. The third kappa shape index (κ3) is 3.39. The molecule has 19 heavy (non-hydrogen) atoms. The van der Waals surface area contributed by atoms with Crippen LogP contribution in [0.1, 0.15) is 31.4 Å². The van der Waals surface area contributed by atoms with Gasteiger partial charge in [0.25, 0.3) is 0 Å². The predicted molar refractivity (Wildman–Crippen MR) is 74.8 cm³/mol. The van der Waals surface area contributed by atoms with Crippen LogP contribution in [-0.4, -0.2) is 31.0 Å². The van der Waals surface area contributed by atoms with Gasteiger partial charge in [0.2, 0.25) is 0 Å². The molecule has 1 unspecified atom stereocenters. The molecule has 1 aliphatic heterocycles. The van der Waals surface area contributed by atoms with Gasteiger partial charge in [0.1, 0.15) is 17.6 Å². The van der Waals surface area contributed by atoms with Crippen molar-refractivity contribution in [1.82, 2.24) is 5.32 Å². The molecule has 4 nitrogen and oxygen atoms in total. The smallest absolute Gasteiger partial charge is 0.127 e. The van der Waals surface area contributed by atoms with Gasteiger partial charge >= 0.3 is 0 Å². The monoisotopic (exact) mass is 265 g/mol. The molecule has 0 saturated heterocycles. The van der Waals surface area contributed by atoms with E-state index in [4.69, 9.17) is 14.6 Å². The number of nitrogens with one attached hydrogen (secondary N) is 1. The van der Waals surface area contributed by atoms with Crippen molar-refractivity contribution in [3.8, 4) is 11.5 Å². The Kier molecular flexibility index (Phi) is 4.66. The van der Waals surface area contributed by atoms with E-state index < -0.39 is 0 Å². The van der Waals surface area contributed by atoms with Crippen LogP contribution < -0.4 is 14.8 Å². The van der Waals surface area contributed by atoms with Gasteiger partial charge < -0.3 is 19.9 Å². The quantitative estimate of drug-likeness (QED) is 0.824. The Labute approximate surface area is 114 Å². The standard InChI is InChI=1S/C15H23NO3/c1-10(4-5-17)16-9-13-8-14(18-3)7-12-6-11(2)19-15(12)13/h7-8,10-11,16-17H,4-6,9H2,1-3H3/t10-,11?/m1/s1. The summed E-state index contributed by atoms with van der Waals surface area (Å²) in [7, 11) is 1.69. The van der Waals surface area contributed by atoms with Gasteiger partial charge in [-0.2, -0.15) is 0 Å². The lowest BCUT2D eigenvalue weighted by atomic mass is 10.1. The molecule has 1 aromatic carbocycles. The SMILES string of the molecule is COc1cc(CN[C@H](C)CCO)c2c(c1)CC(C)O2. The number of hydrogen-bond acceptors (Lipinski definition) is 4. The second-order valence-corrected chi connectivity index (χ2v) is 5.20. The van der Waals surface area contributed by atoms with E-state index in [1.165, 1.54) is 5.56 Å². The van der Waals surface area contributed by atoms with Gasteiger partial charge in [0, 0.05) is 36.7 Å². The molecule has 0 aliphatic carbocycles. The highest BCUT2D eigenvalue weighted by molar-refractivity contribution is 5.49. The van der Waals surface area contributed by atoms with Gasteiger partial charge in [-0.05, 0) is 32.4 Å². The fourth-order valence-corrected chi connectivity index (χ4v) is 2.41. The number of benzene rings is 1. The topological polar surface area (TPSA) is 50.7 Å². The molecule has 4 heteroatoms. The molecule has 0 aromatic heterocycles. The summed E-state index contributed by atoms with van der Waals surface area (Å²) in [5, 5.41) is 12.3. The van der Waals surface area contributed by atoms with Crippen LogP contribution in [0.3, 0.4) is 0 Å². The third-order valence-electron chi connectivity index (χ3n) is 3.48. The first-order valence-corrected chi connectivity index (χ1v) is 6.84. The Hall–Kier alpha value is -1.26. The van der Waals surface area contributed by atoms with Crippen LogP contribution in [0.4, 0.5) is 0 Å². The van der Waals surface area contributed by atoms with Crippen molar-refractivity contribution in [2.75, 3.05) is 13.7 Å². The van der Waals surface area contributed by atoms with Crippen LogP contribution >= 0.6 is 0 Å². The minimum atomic E-state index is 0.206. The zero-order chi connectivity index (χ0) is 13.8. The lowest BCUT2D eigenvalue weighted by molar-refractivity contribution is 0.250. The van der Waals surface area contributed by atoms with Crippen molar-refractivity contribution >= 4 is 0 Å². The molecule has 2 atom stereocenters. The highest BCUT2D eigenvalue weighted by Crippen LogP contribution is 2.36. The van der Waals surface area contributed by atoms with E-state index in [1.807, 2.05) is 6.07 Å². The van der Waals surface area contributed by atoms with E-state index in [2.05, 4.69) is 25.2 Å². The minimum absolute atomic E-state index is 0.206. The van der Waals surface area contributed by atoms with Crippen LogP contribution in [0, 0.1) is 0 Å². The van der Waals surface area contributed by atoms with E-state index in [-0.39, 0.29) is 18.8 Å². The first-order valence-electron chi connectivity index (χ1n) is 6.84. The number of ether oxygens (including phenoxy) is 2. The molecule has 1 aromatic rings. The maximum Gasteiger partial charge on any atom is 0.127 e. The van der Waals surface area contributed by atoms with Gasteiger partial charge in [-0.1, -0.05) is 0 Å². The Morgan fingerprint density at radius 2 is 2.32 bits per heavy atom. The summed E-state index contributed by atoms with van der Waals surface area (Å²) in [4.78, 5) is 0. The number of methoxy groups -OCH3 is 1. The van der Waals surface area contributed by atoms with Crippen molar-refractivity contribution in [1.29, 1.82) is 0 Å². The number of aliphatic hydroxyl groups is 1. The van der Waals surface area contributed by atoms with E-state index >= 15 is 0 Å². The van der Waals surface area contributed by atoms with Crippen molar-refractivity contribution in [2.24, 2.45) is 0 Å². The van der Waals surface area contributed by atoms with Gasteiger partial charge in [-0.3, -0.25) is 0 Å². The van der Waals surface area contributed by atoms with Crippen LogP contribution in [0.5, 0.6) is 11.5 Å². The second kappa shape index (κ2) is 6.26. The molecule has 1 heterocycles. The van der Waals surface area contributed by atoms with Crippen LogP contribution in [-0.2, 0) is 13.0 Å². The highest BCUT2D eigenvalue weighted by atomic mass is 16.5. The van der Waals surface area contributed by atoms with E-state index in [1.54, 1.807) is 7.11 Å². The molecule has 0 saturated carbocycles. The van der Waals surface area contributed by atoms with Crippen LogP contribution in [0.15, 0.2) is 12.1 Å². The van der Waals surface area contributed by atoms with Crippen molar-refractivity contribution in [3.63, 3.8) is 0 Å². The zero-order valence-corrected chi connectivity index (χ0v) is 11.9. The molecule has 106 valence electrons. The molecule has 2 rings (SSSR count). The van der Waals surface area contributed by atoms with E-state index in [9.17, 15) is 0 Å². The third-order valence-corrected chi connectivity index (χ3v) is 3.48. The van der Waals surface area contributed by atoms with Gasteiger partial charge in [-0.25, -0.2) is 0 Å². The normalized spacial score (nSPS) is 18.8.